The molecular weight excluding hydrogens is 435 g/mol. The fourth-order valence-corrected chi connectivity index (χ4v) is 3.54. The number of amides is 1. The van der Waals surface area contributed by atoms with E-state index in [2.05, 4.69) is 10.4 Å². The highest BCUT2D eigenvalue weighted by atomic mass is 19.1. The molecule has 3 aromatic carbocycles. The molecule has 1 aromatic heterocycles. The quantitative estimate of drug-likeness (QED) is 0.480. The zero-order chi connectivity index (χ0) is 24.2. The summed E-state index contributed by atoms with van der Waals surface area (Å²) < 4.78 is 16.2. The summed E-state index contributed by atoms with van der Waals surface area (Å²) in [6, 6.07) is 21.6. The van der Waals surface area contributed by atoms with Gasteiger partial charge in [-0.2, -0.15) is 9.78 Å². The third-order valence-corrected chi connectivity index (χ3v) is 5.46. The first-order valence-electron chi connectivity index (χ1n) is 10.8. The minimum atomic E-state index is -0.851. The van der Waals surface area contributed by atoms with Gasteiger partial charge < -0.3 is 5.32 Å². The largest absolute Gasteiger partial charge is 0.352 e. The van der Waals surface area contributed by atoms with Crippen molar-refractivity contribution in [3.8, 4) is 5.69 Å². The Morgan fingerprint density at radius 2 is 1.62 bits per heavy atom. The Kier molecular flexibility index (Phi) is 6.49. The first-order chi connectivity index (χ1) is 16.3. The van der Waals surface area contributed by atoms with Gasteiger partial charge in [-0.3, -0.25) is 14.2 Å². The Hall–Kier alpha value is -4.33. The van der Waals surface area contributed by atoms with Gasteiger partial charge in [-0.25, -0.2) is 9.18 Å². The summed E-state index contributed by atoms with van der Waals surface area (Å²) >= 11 is 0. The second-order valence-electron chi connectivity index (χ2n) is 7.98. The van der Waals surface area contributed by atoms with E-state index in [0.29, 0.717) is 5.56 Å². The van der Waals surface area contributed by atoms with Crippen molar-refractivity contribution in [1.29, 1.82) is 0 Å². The Balaban J connectivity index is 1.82. The molecule has 4 rings (SSSR count). The molecule has 0 saturated heterocycles. The molecule has 8 heteroatoms. The summed E-state index contributed by atoms with van der Waals surface area (Å²) in [4.78, 5) is 39.5. The number of rotatable bonds is 6. The third kappa shape index (κ3) is 4.71. The number of carbonyl (C=O) groups excluding carboxylic acids is 1. The van der Waals surface area contributed by atoms with Gasteiger partial charge in [0.2, 0.25) is 5.69 Å². The number of hydrogen-bond acceptors (Lipinski definition) is 4. The third-order valence-electron chi connectivity index (χ3n) is 5.46. The monoisotopic (exact) mass is 458 g/mol. The van der Waals surface area contributed by atoms with Crippen molar-refractivity contribution in [2.45, 2.75) is 26.4 Å². The molecule has 0 unspecified atom stereocenters. The van der Waals surface area contributed by atoms with Gasteiger partial charge in [0, 0.05) is 0 Å². The van der Waals surface area contributed by atoms with E-state index < -0.39 is 34.7 Å². The second kappa shape index (κ2) is 9.66. The van der Waals surface area contributed by atoms with Crippen LogP contribution >= 0.6 is 0 Å². The van der Waals surface area contributed by atoms with E-state index in [4.69, 9.17) is 0 Å². The lowest BCUT2D eigenvalue weighted by Gasteiger charge is -2.16. The summed E-state index contributed by atoms with van der Waals surface area (Å²) in [5.41, 5.74) is 0.176. The van der Waals surface area contributed by atoms with E-state index in [1.807, 2.05) is 49.4 Å². The zero-order valence-electron chi connectivity index (χ0n) is 18.7. The highest BCUT2D eigenvalue weighted by molar-refractivity contribution is 5.92. The molecule has 4 aromatic rings. The molecule has 0 radical (unpaired) electrons. The van der Waals surface area contributed by atoms with Crippen molar-refractivity contribution < 1.29 is 9.18 Å². The van der Waals surface area contributed by atoms with Crippen LogP contribution in [0.3, 0.4) is 0 Å². The number of aromatic nitrogens is 3. The lowest BCUT2D eigenvalue weighted by molar-refractivity contribution is 0.0930. The molecule has 0 bridgehead atoms. The lowest BCUT2D eigenvalue weighted by atomic mass is 10.1. The van der Waals surface area contributed by atoms with Crippen LogP contribution in [-0.4, -0.2) is 20.3 Å². The number of aryl methyl sites for hydroxylation is 1. The van der Waals surface area contributed by atoms with Gasteiger partial charge in [-0.05, 0) is 37.1 Å². The average Bonchev–Trinajstić information content (AvgIpc) is 2.84. The molecule has 7 nitrogen and oxygen atoms in total. The molecular formula is C26H23FN4O3. The number of hydrogen-bond donors (Lipinski definition) is 1. The number of carbonyl (C=O) groups is 1. The summed E-state index contributed by atoms with van der Waals surface area (Å²) in [6.45, 7) is 3.60. The zero-order valence-corrected chi connectivity index (χ0v) is 18.7. The molecule has 34 heavy (non-hydrogen) atoms. The lowest BCUT2D eigenvalue weighted by Crippen LogP contribution is -2.46. The van der Waals surface area contributed by atoms with E-state index in [0.717, 1.165) is 20.4 Å². The molecule has 1 N–H and O–H groups in total. The van der Waals surface area contributed by atoms with Crippen LogP contribution in [0, 0.1) is 12.7 Å². The minimum absolute atomic E-state index is 0.0938. The number of benzene rings is 3. The van der Waals surface area contributed by atoms with Crippen LogP contribution in [-0.2, 0) is 6.54 Å². The smallest absolute Gasteiger partial charge is 0.344 e. The molecule has 1 heterocycles. The average molecular weight is 458 g/mol. The van der Waals surface area contributed by atoms with Gasteiger partial charge in [-0.1, -0.05) is 72.3 Å². The van der Waals surface area contributed by atoms with E-state index in [-0.39, 0.29) is 12.2 Å². The number of halogens is 1. The van der Waals surface area contributed by atoms with Crippen LogP contribution in [0.1, 0.15) is 40.1 Å². The van der Waals surface area contributed by atoms with Gasteiger partial charge in [-0.15, -0.1) is 0 Å². The van der Waals surface area contributed by atoms with Gasteiger partial charge in [0.05, 0.1) is 12.6 Å². The fraction of sp³-hybridized carbons (Fsp3) is 0.154. The Morgan fingerprint density at radius 1 is 0.971 bits per heavy atom. The summed E-state index contributed by atoms with van der Waals surface area (Å²) in [5.74, 6) is -1.47. The maximum Gasteiger partial charge on any atom is 0.352 e. The summed E-state index contributed by atoms with van der Waals surface area (Å²) in [6.07, 6.45) is 0. The van der Waals surface area contributed by atoms with Crippen LogP contribution in [0.5, 0.6) is 0 Å². The van der Waals surface area contributed by atoms with Crippen LogP contribution in [0.25, 0.3) is 5.69 Å². The molecule has 0 aliphatic carbocycles. The Bertz CT molecular complexity index is 1440. The first-order valence-corrected chi connectivity index (χ1v) is 10.8. The fourth-order valence-electron chi connectivity index (χ4n) is 3.54. The van der Waals surface area contributed by atoms with Gasteiger partial charge in [0.25, 0.3) is 11.5 Å². The van der Waals surface area contributed by atoms with Gasteiger partial charge >= 0.3 is 5.69 Å². The van der Waals surface area contributed by atoms with E-state index in [1.54, 1.807) is 25.1 Å². The molecule has 0 aliphatic rings. The van der Waals surface area contributed by atoms with Crippen LogP contribution < -0.4 is 16.6 Å². The minimum Gasteiger partial charge on any atom is -0.344 e. The predicted molar refractivity (Wildman–Crippen MR) is 127 cm³/mol. The van der Waals surface area contributed by atoms with Gasteiger partial charge in [0.15, 0.2) is 0 Å². The van der Waals surface area contributed by atoms with Crippen molar-refractivity contribution in [2.75, 3.05) is 0 Å². The van der Waals surface area contributed by atoms with Crippen molar-refractivity contribution in [2.24, 2.45) is 0 Å². The summed E-state index contributed by atoms with van der Waals surface area (Å²) in [5, 5.41) is 6.73. The van der Waals surface area contributed by atoms with E-state index in [9.17, 15) is 18.8 Å². The maximum absolute atomic E-state index is 14.5. The molecule has 0 spiro atoms. The normalized spacial score (nSPS) is 11.7. The van der Waals surface area contributed by atoms with Crippen molar-refractivity contribution >= 4 is 5.91 Å². The predicted octanol–water partition coefficient (Wildman–Crippen LogP) is 3.38. The van der Waals surface area contributed by atoms with Crippen LogP contribution in [0.15, 0.2) is 88.5 Å². The SMILES string of the molecule is Cc1ccc(Cn2c(=O)c(C(=O)N[C@@H](C)c3ccccc3)nn(-c3ccccc3F)c2=O)cc1. The van der Waals surface area contributed by atoms with Crippen molar-refractivity contribution in [3.63, 3.8) is 0 Å². The maximum atomic E-state index is 14.5. The van der Waals surface area contributed by atoms with Crippen LogP contribution in [0.2, 0.25) is 0 Å². The highest BCUT2D eigenvalue weighted by Crippen LogP contribution is 2.12. The Morgan fingerprint density at radius 3 is 2.29 bits per heavy atom. The second-order valence-corrected chi connectivity index (χ2v) is 7.98. The first kappa shape index (κ1) is 22.8. The van der Waals surface area contributed by atoms with E-state index in [1.165, 1.54) is 18.2 Å². The number of para-hydroxylation sites is 1. The van der Waals surface area contributed by atoms with Crippen molar-refractivity contribution in [1.82, 2.24) is 19.7 Å². The number of nitrogens with zero attached hydrogens (tertiary/aromatic N) is 3. The topological polar surface area (TPSA) is 86.0 Å². The summed E-state index contributed by atoms with van der Waals surface area (Å²) in [7, 11) is 0. The molecule has 1 amide bonds. The highest BCUT2D eigenvalue weighted by Gasteiger charge is 2.23. The molecule has 0 aliphatic heterocycles. The van der Waals surface area contributed by atoms with Gasteiger partial charge in [0.1, 0.15) is 11.5 Å². The number of nitrogens with one attached hydrogen (secondary N) is 1. The van der Waals surface area contributed by atoms with Crippen molar-refractivity contribution in [3.05, 3.63) is 128 Å². The van der Waals surface area contributed by atoms with E-state index >= 15 is 0 Å². The van der Waals surface area contributed by atoms with Crippen LogP contribution in [0.4, 0.5) is 4.39 Å². The standard InChI is InChI=1S/C26H23FN4O3/c1-17-12-14-19(15-13-17)16-30-25(33)23(24(32)28-18(2)20-8-4-3-5-9-20)29-31(26(30)34)22-11-7-6-10-21(22)27/h3-15,18H,16H2,1-2H3,(H,28,32)/t18-/m0/s1. The molecule has 0 saturated carbocycles. The molecule has 172 valence electrons. The Labute approximate surface area is 195 Å². The molecule has 1 atom stereocenters. The molecule has 0 fully saturated rings.